The van der Waals surface area contributed by atoms with Gasteiger partial charge in [-0.25, -0.2) is 0 Å². The maximum absolute atomic E-state index is 0. The molecule has 0 rings (SSSR count). The Kier molecular flexibility index (Phi) is 605. The normalized spacial score (nSPS) is 0. The maximum Gasteiger partial charge on any atom is 0 e. The van der Waals surface area contributed by atoms with Crippen molar-refractivity contribution >= 4 is 49.6 Å². The van der Waals surface area contributed by atoms with E-state index < -0.39 is 0 Å². The van der Waals surface area contributed by atoms with Gasteiger partial charge < -0.3 is 0 Å². The Hall–Kier alpha value is 2.59. The predicted molar refractivity (Wildman–Crippen MR) is 29.0 cm³/mol. The van der Waals surface area contributed by atoms with E-state index >= 15 is 0 Å². The van der Waals surface area contributed by atoms with E-state index in [1.807, 2.05) is 0 Å². The second kappa shape index (κ2) is 49.2. The quantitative estimate of drug-likeness (QED) is 0.413. The third-order valence-corrected chi connectivity index (χ3v) is 0. The Morgan fingerprint density at radius 3 is 0.500 bits per heavy atom. The summed E-state index contributed by atoms with van der Waals surface area (Å²) < 4.78 is 0. The zero-order valence-corrected chi connectivity index (χ0v) is 9.96. The third kappa shape index (κ3) is 30.7. The molecule has 0 aliphatic carbocycles. The summed E-state index contributed by atoms with van der Waals surface area (Å²) in [4.78, 5) is 0. The summed E-state index contributed by atoms with van der Waals surface area (Å²) in [7, 11) is 0. The summed E-state index contributed by atoms with van der Waals surface area (Å²) in [6, 6.07) is 0. The molecule has 0 fully saturated rings. The Labute approximate surface area is 92.0 Å². The zero-order chi connectivity index (χ0) is 0. The van der Waals surface area contributed by atoms with Crippen molar-refractivity contribution < 1.29 is 43.4 Å². The van der Waals surface area contributed by atoms with Gasteiger partial charge in [-0.2, -0.15) is 0 Å². The largest absolute Gasteiger partial charge is 0.147 e. The molecule has 0 saturated carbocycles. The molecule has 0 aromatic heterocycles. The summed E-state index contributed by atoms with van der Waals surface area (Å²) in [5.74, 6) is 0. The molecule has 0 unspecified atom stereocenters. The Morgan fingerprint density at radius 2 is 0.500 bits per heavy atom. The molecular formula is H4AuCl4Pt. The van der Waals surface area contributed by atoms with E-state index in [0.717, 1.165) is 0 Å². The first-order chi connectivity index (χ1) is 0. The van der Waals surface area contributed by atoms with Crippen LogP contribution in [0.4, 0.5) is 0 Å². The van der Waals surface area contributed by atoms with Crippen molar-refractivity contribution in [1.82, 2.24) is 0 Å². The molecular weight excluding hydrogens is 534 g/mol. The van der Waals surface area contributed by atoms with Crippen LogP contribution in [-0.4, -0.2) is 0 Å². The van der Waals surface area contributed by atoms with Gasteiger partial charge in [0.05, 0.1) is 0 Å². The third-order valence-electron chi connectivity index (χ3n) is 0. The number of hydrogen-bond acceptors (Lipinski definition) is 0. The van der Waals surface area contributed by atoms with Gasteiger partial charge in [0.25, 0.3) is 0 Å². The van der Waals surface area contributed by atoms with Crippen LogP contribution in [0.15, 0.2) is 0 Å². The molecule has 0 saturated heterocycles. The molecule has 0 aliphatic rings. The topological polar surface area (TPSA) is 0 Å². The average molecular weight is 538 g/mol. The van der Waals surface area contributed by atoms with Gasteiger partial charge in [0, 0.05) is 43.4 Å². The van der Waals surface area contributed by atoms with E-state index in [0.29, 0.717) is 0 Å². The van der Waals surface area contributed by atoms with Crippen molar-refractivity contribution in [2.24, 2.45) is 0 Å². The number of rotatable bonds is 0. The van der Waals surface area contributed by atoms with E-state index in [1.54, 1.807) is 0 Å². The minimum absolute atomic E-state index is 0. The summed E-state index contributed by atoms with van der Waals surface area (Å²) in [6.45, 7) is 0. The van der Waals surface area contributed by atoms with Gasteiger partial charge in [-0.1, -0.05) is 0 Å². The molecule has 0 spiro atoms. The van der Waals surface area contributed by atoms with Crippen LogP contribution in [0.2, 0.25) is 0 Å². The van der Waals surface area contributed by atoms with Crippen LogP contribution in [0.5, 0.6) is 0 Å². The summed E-state index contributed by atoms with van der Waals surface area (Å²) >= 11 is 0. The molecule has 0 aliphatic heterocycles. The zero-order valence-electron chi connectivity index (χ0n) is 2.25. The first-order valence-corrected chi connectivity index (χ1v) is 0. The van der Waals surface area contributed by atoms with Crippen LogP contribution < -0.4 is 0 Å². The van der Waals surface area contributed by atoms with Gasteiger partial charge in [-0.15, -0.1) is 49.6 Å². The summed E-state index contributed by atoms with van der Waals surface area (Å²) in [6.07, 6.45) is 0. The van der Waals surface area contributed by atoms with E-state index in [1.165, 1.54) is 0 Å². The van der Waals surface area contributed by atoms with Crippen LogP contribution in [0, 0.1) is 0 Å². The Balaban J connectivity index is 0. The second-order valence-electron chi connectivity index (χ2n) is 0. The van der Waals surface area contributed by atoms with Gasteiger partial charge in [-0.3, -0.25) is 0 Å². The smallest absolute Gasteiger partial charge is 0 e. The molecule has 1 radical (unpaired) electrons. The predicted octanol–water partition coefficient (Wildman–Crippen LogP) is 1.68. The molecule has 0 aromatic carbocycles. The van der Waals surface area contributed by atoms with Crippen molar-refractivity contribution in [2.75, 3.05) is 0 Å². The molecule has 6 heavy (non-hydrogen) atoms. The first-order valence-electron chi connectivity index (χ1n) is 0. The SMILES string of the molecule is Cl.Cl.Cl.Cl.[Au].[Pt]. The molecule has 0 nitrogen and oxygen atoms in total. The first kappa shape index (κ1) is 73.8. The van der Waals surface area contributed by atoms with Crippen molar-refractivity contribution in [3.8, 4) is 0 Å². The number of hydrogen-bond donors (Lipinski definition) is 0. The fourth-order valence-corrected chi connectivity index (χ4v) is 0. The molecule has 0 heterocycles. The standard InChI is InChI=1S/Au.4ClH.Pt/h;4*1H;. The van der Waals surface area contributed by atoms with E-state index in [9.17, 15) is 0 Å². The van der Waals surface area contributed by atoms with Crippen LogP contribution in [0.25, 0.3) is 0 Å². The molecule has 0 bridgehead atoms. The second-order valence-corrected chi connectivity index (χ2v) is 0. The van der Waals surface area contributed by atoms with Crippen molar-refractivity contribution in [2.45, 2.75) is 0 Å². The van der Waals surface area contributed by atoms with E-state index in [4.69, 9.17) is 0 Å². The van der Waals surface area contributed by atoms with Gasteiger partial charge in [0.15, 0.2) is 0 Å². The average Bonchev–Trinajstić information content (AvgIpc) is 0. The van der Waals surface area contributed by atoms with Crippen molar-refractivity contribution in [1.29, 1.82) is 0 Å². The molecule has 0 amide bonds. The summed E-state index contributed by atoms with van der Waals surface area (Å²) in [5.41, 5.74) is 0. The molecule has 0 atom stereocenters. The molecule has 6 heteroatoms. The fourth-order valence-electron chi connectivity index (χ4n) is 0. The van der Waals surface area contributed by atoms with Gasteiger partial charge in [-0.05, 0) is 0 Å². The van der Waals surface area contributed by atoms with E-state index in [-0.39, 0.29) is 93.1 Å². The Bertz CT molecular complexity index is 7.51. The molecule has 0 aromatic rings. The minimum Gasteiger partial charge on any atom is -0.147 e. The number of halogens is 4. The fraction of sp³-hybridized carbons (Fsp3) is 0. The van der Waals surface area contributed by atoms with Gasteiger partial charge in [0.1, 0.15) is 0 Å². The van der Waals surface area contributed by atoms with Crippen molar-refractivity contribution in [3.63, 3.8) is 0 Å². The van der Waals surface area contributed by atoms with Crippen LogP contribution >= 0.6 is 49.6 Å². The molecule has 53 valence electrons. The van der Waals surface area contributed by atoms with Gasteiger partial charge >= 0.3 is 0 Å². The summed E-state index contributed by atoms with van der Waals surface area (Å²) in [5, 5.41) is 0. The van der Waals surface area contributed by atoms with Crippen LogP contribution in [0.3, 0.4) is 0 Å². The van der Waals surface area contributed by atoms with Crippen molar-refractivity contribution in [3.05, 3.63) is 0 Å². The Morgan fingerprint density at radius 1 is 0.500 bits per heavy atom. The van der Waals surface area contributed by atoms with Gasteiger partial charge in [0.2, 0.25) is 0 Å². The van der Waals surface area contributed by atoms with Crippen LogP contribution in [0.1, 0.15) is 0 Å². The monoisotopic (exact) mass is 536 g/mol. The van der Waals surface area contributed by atoms with E-state index in [2.05, 4.69) is 0 Å². The minimum atomic E-state index is 0. The maximum atomic E-state index is 0. The van der Waals surface area contributed by atoms with Crippen LogP contribution in [-0.2, 0) is 43.4 Å². The molecule has 0 N–H and O–H groups in total.